The summed E-state index contributed by atoms with van der Waals surface area (Å²) in [5.41, 5.74) is 11.6. The third kappa shape index (κ3) is 5.68. The van der Waals surface area contributed by atoms with Crippen molar-refractivity contribution in [3.05, 3.63) is 64.2 Å². The number of morpholine rings is 1. The molecular formula is C29H39N5O2. The topological polar surface area (TPSA) is 104 Å². The van der Waals surface area contributed by atoms with Gasteiger partial charge in [-0.2, -0.15) is 0 Å². The van der Waals surface area contributed by atoms with Crippen molar-refractivity contribution in [3.63, 3.8) is 0 Å². The second-order valence-corrected chi connectivity index (χ2v) is 10.2. The van der Waals surface area contributed by atoms with Gasteiger partial charge in [0.15, 0.2) is 5.84 Å². The number of hydrogen-bond acceptors (Lipinski definition) is 5. The standard InChI is InChI=1S/C29H39N5O2/c1-20-4-6-23(28(31)33-21(2)30)18-24(20)16-22-5-7-26(27(17-22)32-3)29(19-35)10-8-25(9-11-29)34-12-14-36-15-13-34/h4-7,17-19,25,32H,8-16H2,1-3H3,(H3,30,31,33). The molecule has 4 N–H and O–H groups in total. The fourth-order valence-electron chi connectivity index (χ4n) is 5.69. The molecule has 1 aliphatic heterocycles. The summed E-state index contributed by atoms with van der Waals surface area (Å²) in [5, 5.41) is 11.6. The lowest BCUT2D eigenvalue weighted by Crippen LogP contribution is -2.47. The highest BCUT2D eigenvalue weighted by atomic mass is 16.5. The molecular weight excluding hydrogens is 450 g/mol. The molecule has 4 rings (SSSR count). The molecule has 192 valence electrons. The lowest BCUT2D eigenvalue weighted by molar-refractivity contribution is -0.114. The smallest absolute Gasteiger partial charge is 0.153 e. The van der Waals surface area contributed by atoms with E-state index in [1.54, 1.807) is 6.92 Å². The number of aliphatic imine (C=N–C) groups is 1. The number of hydrogen-bond donors (Lipinski definition) is 3. The Balaban J connectivity index is 1.54. The summed E-state index contributed by atoms with van der Waals surface area (Å²) < 4.78 is 5.52. The summed E-state index contributed by atoms with van der Waals surface area (Å²) in [4.78, 5) is 19.2. The van der Waals surface area contributed by atoms with Crippen molar-refractivity contribution in [2.45, 2.75) is 57.4 Å². The first-order chi connectivity index (χ1) is 17.3. The quantitative estimate of drug-likeness (QED) is 0.309. The molecule has 0 aromatic heterocycles. The molecule has 1 aliphatic carbocycles. The number of amidine groups is 2. The second kappa shape index (κ2) is 11.4. The van der Waals surface area contributed by atoms with Gasteiger partial charge in [0.05, 0.1) is 24.5 Å². The molecule has 2 fully saturated rings. The Labute approximate surface area is 214 Å². The van der Waals surface area contributed by atoms with E-state index in [0.29, 0.717) is 11.9 Å². The molecule has 0 unspecified atom stereocenters. The van der Waals surface area contributed by atoms with Crippen molar-refractivity contribution in [3.8, 4) is 0 Å². The lowest BCUT2D eigenvalue weighted by atomic mass is 9.68. The first-order valence-corrected chi connectivity index (χ1v) is 12.9. The van der Waals surface area contributed by atoms with Crippen molar-refractivity contribution in [1.82, 2.24) is 4.90 Å². The number of nitrogens with zero attached hydrogens (tertiary/aromatic N) is 2. The van der Waals surface area contributed by atoms with Crippen LogP contribution in [0.4, 0.5) is 5.69 Å². The molecule has 36 heavy (non-hydrogen) atoms. The molecule has 7 nitrogen and oxygen atoms in total. The van der Waals surface area contributed by atoms with E-state index in [2.05, 4.69) is 40.3 Å². The highest BCUT2D eigenvalue weighted by molar-refractivity contribution is 6.03. The molecule has 2 aliphatic rings. The van der Waals surface area contributed by atoms with Crippen molar-refractivity contribution in [2.24, 2.45) is 10.7 Å². The van der Waals surface area contributed by atoms with Gasteiger partial charge in [-0.15, -0.1) is 0 Å². The average Bonchev–Trinajstić information content (AvgIpc) is 2.90. The summed E-state index contributed by atoms with van der Waals surface area (Å²) >= 11 is 0. The van der Waals surface area contributed by atoms with Gasteiger partial charge in [-0.3, -0.25) is 10.3 Å². The predicted octanol–water partition coefficient (Wildman–Crippen LogP) is 4.04. The second-order valence-electron chi connectivity index (χ2n) is 10.2. The minimum atomic E-state index is -0.442. The number of anilines is 1. The van der Waals surface area contributed by atoms with Gasteiger partial charge in [0.1, 0.15) is 6.29 Å². The van der Waals surface area contributed by atoms with Crippen LogP contribution in [0.1, 0.15) is 60.4 Å². The maximum atomic E-state index is 12.5. The van der Waals surface area contributed by atoms with Crippen LogP contribution in [0.15, 0.2) is 41.4 Å². The van der Waals surface area contributed by atoms with E-state index < -0.39 is 5.41 Å². The zero-order chi connectivity index (χ0) is 25.7. The van der Waals surface area contributed by atoms with Crippen molar-refractivity contribution in [2.75, 3.05) is 38.7 Å². The Kier molecular flexibility index (Phi) is 8.21. The van der Waals surface area contributed by atoms with Crippen LogP contribution in [-0.4, -0.2) is 62.3 Å². The fourth-order valence-corrected chi connectivity index (χ4v) is 5.69. The summed E-state index contributed by atoms with van der Waals surface area (Å²) in [6.07, 6.45) is 5.74. The van der Waals surface area contributed by atoms with E-state index in [1.165, 1.54) is 11.8 Å². The molecule has 0 radical (unpaired) electrons. The monoisotopic (exact) mass is 489 g/mol. The number of carbonyl (C=O) groups is 1. The number of aryl methyl sites for hydroxylation is 1. The van der Waals surface area contributed by atoms with Gasteiger partial charge in [0.2, 0.25) is 0 Å². The van der Waals surface area contributed by atoms with Crippen LogP contribution in [0.3, 0.4) is 0 Å². The molecule has 7 heteroatoms. The average molecular weight is 490 g/mol. The molecule has 0 amide bonds. The van der Waals surface area contributed by atoms with Crippen molar-refractivity contribution in [1.29, 1.82) is 5.41 Å². The van der Waals surface area contributed by atoms with Gasteiger partial charge in [0, 0.05) is 37.4 Å². The first kappa shape index (κ1) is 26.0. The number of aldehydes is 1. The van der Waals surface area contributed by atoms with Crippen molar-refractivity contribution >= 4 is 23.6 Å². The van der Waals surface area contributed by atoms with E-state index >= 15 is 0 Å². The highest BCUT2D eigenvalue weighted by Gasteiger charge is 2.40. The SMILES string of the molecule is CNc1cc(Cc2cc(C(=N)N=C(C)N)ccc2C)ccc1C1(C=O)CCC(N2CCOCC2)CC1. The number of rotatable bonds is 7. The Bertz CT molecular complexity index is 1120. The number of ether oxygens (including phenoxy) is 1. The summed E-state index contributed by atoms with van der Waals surface area (Å²) in [7, 11) is 1.93. The maximum Gasteiger partial charge on any atom is 0.153 e. The van der Waals surface area contributed by atoms with Gasteiger partial charge < -0.3 is 20.6 Å². The Morgan fingerprint density at radius 1 is 1.22 bits per heavy atom. The Morgan fingerprint density at radius 3 is 2.58 bits per heavy atom. The Morgan fingerprint density at radius 2 is 1.94 bits per heavy atom. The maximum absolute atomic E-state index is 12.5. The van der Waals surface area contributed by atoms with Gasteiger partial charge >= 0.3 is 0 Å². The minimum absolute atomic E-state index is 0.170. The van der Waals surface area contributed by atoms with Crippen LogP contribution >= 0.6 is 0 Å². The number of nitrogens with two attached hydrogens (primary N) is 1. The molecule has 1 saturated heterocycles. The molecule has 2 aromatic rings. The molecule has 0 atom stereocenters. The van der Waals surface area contributed by atoms with Crippen LogP contribution in [0, 0.1) is 12.3 Å². The minimum Gasteiger partial charge on any atom is -0.388 e. The third-order valence-electron chi connectivity index (χ3n) is 7.83. The third-order valence-corrected chi connectivity index (χ3v) is 7.83. The molecule has 2 aromatic carbocycles. The summed E-state index contributed by atoms with van der Waals surface area (Å²) in [6.45, 7) is 7.38. The molecule has 1 saturated carbocycles. The molecule has 1 heterocycles. The van der Waals surface area contributed by atoms with E-state index in [9.17, 15) is 4.79 Å². The van der Waals surface area contributed by atoms with Gasteiger partial charge in [0.25, 0.3) is 0 Å². The first-order valence-electron chi connectivity index (χ1n) is 12.9. The van der Waals surface area contributed by atoms with Crippen LogP contribution in [0.2, 0.25) is 0 Å². The van der Waals surface area contributed by atoms with Gasteiger partial charge in [-0.25, -0.2) is 4.99 Å². The van der Waals surface area contributed by atoms with Crippen LogP contribution in [-0.2, 0) is 21.4 Å². The number of nitrogens with one attached hydrogen (secondary N) is 2. The molecule has 0 spiro atoms. The van der Waals surface area contributed by atoms with Crippen LogP contribution < -0.4 is 11.1 Å². The number of carbonyl (C=O) groups excluding carboxylic acids is 1. The largest absolute Gasteiger partial charge is 0.388 e. The number of benzene rings is 2. The van der Waals surface area contributed by atoms with E-state index in [4.69, 9.17) is 15.9 Å². The fraction of sp³-hybridized carbons (Fsp3) is 0.483. The summed E-state index contributed by atoms with van der Waals surface area (Å²) in [5.74, 6) is 0.544. The van der Waals surface area contributed by atoms with E-state index in [0.717, 1.165) is 86.3 Å². The van der Waals surface area contributed by atoms with E-state index in [1.807, 2.05) is 25.2 Å². The van der Waals surface area contributed by atoms with Crippen LogP contribution in [0.5, 0.6) is 0 Å². The van der Waals surface area contributed by atoms with Gasteiger partial charge in [-0.05, 0) is 80.3 Å². The lowest BCUT2D eigenvalue weighted by Gasteiger charge is -2.42. The van der Waals surface area contributed by atoms with Crippen LogP contribution in [0.25, 0.3) is 0 Å². The van der Waals surface area contributed by atoms with Gasteiger partial charge in [-0.1, -0.05) is 24.3 Å². The van der Waals surface area contributed by atoms with E-state index in [-0.39, 0.29) is 5.84 Å². The predicted molar refractivity (Wildman–Crippen MR) is 146 cm³/mol. The Hall–Kier alpha value is -3.03. The normalized spacial score (nSPS) is 23.3. The van der Waals surface area contributed by atoms with Crippen molar-refractivity contribution < 1.29 is 9.53 Å². The zero-order valence-corrected chi connectivity index (χ0v) is 21.8. The summed E-state index contributed by atoms with van der Waals surface area (Å²) in [6, 6.07) is 13.0. The zero-order valence-electron chi connectivity index (χ0n) is 21.8. The molecule has 0 bridgehead atoms. The highest BCUT2D eigenvalue weighted by Crippen LogP contribution is 2.42.